The molecular weight excluding hydrogens is 507 g/mol. The molecule has 2 aliphatic rings. The highest BCUT2D eigenvalue weighted by Gasteiger charge is 2.32. The van der Waals surface area contributed by atoms with Crippen LogP contribution in [0, 0.1) is 6.92 Å². The average Bonchev–Trinajstić information content (AvgIpc) is 3.35. The summed E-state index contributed by atoms with van der Waals surface area (Å²) in [5, 5.41) is 2.99. The number of fused-ring (bicyclic) bond motifs is 1. The van der Waals surface area contributed by atoms with E-state index in [0.717, 1.165) is 43.6 Å². The van der Waals surface area contributed by atoms with Gasteiger partial charge in [-0.1, -0.05) is 30.3 Å². The van der Waals surface area contributed by atoms with E-state index in [9.17, 15) is 22.8 Å². The lowest BCUT2D eigenvalue weighted by atomic mass is 9.93. The van der Waals surface area contributed by atoms with Gasteiger partial charge in [0.1, 0.15) is 0 Å². The van der Waals surface area contributed by atoms with E-state index < -0.39 is 11.7 Å². The highest BCUT2D eigenvalue weighted by molar-refractivity contribution is 6.09. The summed E-state index contributed by atoms with van der Waals surface area (Å²) in [6.45, 7) is 4.69. The van der Waals surface area contributed by atoms with Crippen LogP contribution >= 0.6 is 0 Å². The van der Waals surface area contributed by atoms with Gasteiger partial charge in [-0.3, -0.25) is 9.69 Å². The Hall–Kier alpha value is -3.85. The van der Waals surface area contributed by atoms with Crippen molar-refractivity contribution in [2.75, 3.05) is 38.6 Å². The predicted octanol–water partition coefficient (Wildman–Crippen LogP) is 6.03. The number of hydrogen-bond donors (Lipinski definition) is 1. The summed E-state index contributed by atoms with van der Waals surface area (Å²) in [6.07, 6.45) is -2.94. The Kier molecular flexibility index (Phi) is 7.36. The van der Waals surface area contributed by atoms with Crippen molar-refractivity contribution in [3.05, 3.63) is 88.5 Å². The van der Waals surface area contributed by atoms with Gasteiger partial charge in [-0.15, -0.1) is 0 Å². The third kappa shape index (κ3) is 5.63. The second-order valence-corrected chi connectivity index (χ2v) is 10.1. The molecule has 0 radical (unpaired) electrons. The molecule has 2 amide bonds. The van der Waals surface area contributed by atoms with Crippen LogP contribution in [0.3, 0.4) is 0 Å². The number of piperazine rings is 1. The Morgan fingerprint density at radius 1 is 0.949 bits per heavy atom. The number of carbonyl (C=O) groups excluding carboxylic acids is 2. The molecule has 1 saturated heterocycles. The van der Waals surface area contributed by atoms with Crippen molar-refractivity contribution in [1.29, 1.82) is 0 Å². The number of rotatable bonds is 4. The molecule has 1 unspecified atom stereocenters. The Balaban J connectivity index is 0.00000370. The molecule has 0 bridgehead atoms. The molecule has 1 aliphatic carbocycles. The van der Waals surface area contributed by atoms with Gasteiger partial charge in [-0.05, 0) is 77.9 Å². The zero-order chi connectivity index (χ0) is 27.7. The molecule has 1 fully saturated rings. The molecule has 5 rings (SSSR count). The van der Waals surface area contributed by atoms with Crippen LogP contribution in [-0.2, 0) is 23.8 Å². The number of hydrogen-bond acceptors (Lipinski definition) is 4. The Morgan fingerprint density at radius 3 is 2.31 bits per heavy atom. The van der Waals surface area contributed by atoms with E-state index in [1.54, 1.807) is 17.0 Å². The lowest BCUT2D eigenvalue weighted by Crippen LogP contribution is -2.52. The number of alkyl halides is 3. The molecule has 0 spiro atoms. The number of aryl methyl sites for hydroxylation is 1. The number of halogens is 3. The van der Waals surface area contributed by atoms with Crippen LogP contribution in [0.4, 0.5) is 23.7 Å². The van der Waals surface area contributed by atoms with Gasteiger partial charge >= 0.3 is 12.3 Å². The quantitative estimate of drug-likeness (QED) is 0.440. The van der Waals surface area contributed by atoms with Crippen LogP contribution in [0.5, 0.6) is 0 Å². The summed E-state index contributed by atoms with van der Waals surface area (Å²) in [5.41, 5.74) is 4.73. The van der Waals surface area contributed by atoms with Gasteiger partial charge in [0.05, 0.1) is 12.7 Å². The summed E-state index contributed by atoms with van der Waals surface area (Å²) in [6, 6.07) is 16.5. The van der Waals surface area contributed by atoms with Crippen LogP contribution in [0.2, 0.25) is 0 Å². The second-order valence-electron chi connectivity index (χ2n) is 10.1. The average molecular weight is 540 g/mol. The van der Waals surface area contributed by atoms with Crippen LogP contribution in [0.15, 0.2) is 60.7 Å². The maximum atomic E-state index is 13.4. The fourth-order valence-electron chi connectivity index (χ4n) is 5.59. The van der Waals surface area contributed by atoms with Crippen molar-refractivity contribution in [3.63, 3.8) is 0 Å². The number of nitrogens with zero attached hydrogens (tertiary/aromatic N) is 2. The van der Waals surface area contributed by atoms with Gasteiger partial charge in [-0.25, -0.2) is 4.79 Å². The number of anilines is 1. The Morgan fingerprint density at radius 2 is 1.64 bits per heavy atom. The first-order valence-corrected chi connectivity index (χ1v) is 12.9. The van der Waals surface area contributed by atoms with E-state index in [0.29, 0.717) is 41.5 Å². The van der Waals surface area contributed by atoms with Crippen molar-refractivity contribution in [3.8, 4) is 11.1 Å². The number of nitrogens with one attached hydrogen (secondary N) is 1. The minimum Gasteiger partial charge on any atom is -0.453 e. The fourth-order valence-corrected chi connectivity index (χ4v) is 5.59. The minimum absolute atomic E-state index is 0. The van der Waals surface area contributed by atoms with E-state index in [-0.39, 0.29) is 13.4 Å². The summed E-state index contributed by atoms with van der Waals surface area (Å²) in [4.78, 5) is 29.3. The zero-order valence-electron chi connectivity index (χ0n) is 21.8. The number of benzene rings is 3. The summed E-state index contributed by atoms with van der Waals surface area (Å²) in [5.74, 6) is -0.318. The SMILES string of the molecule is COC(=O)N1CCN(C2Cc3ccc(NC(=O)c4cccc(C)c4-c4ccc(C(F)(F)F)cc4)cc3C2)CC1.[HH]. The van der Waals surface area contributed by atoms with Gasteiger partial charge in [0, 0.05) is 44.9 Å². The largest absolute Gasteiger partial charge is 0.453 e. The summed E-state index contributed by atoms with van der Waals surface area (Å²) >= 11 is 0. The number of ether oxygens (including phenoxy) is 1. The highest BCUT2D eigenvalue weighted by atomic mass is 19.4. The normalized spacial score (nSPS) is 17.6. The van der Waals surface area contributed by atoms with E-state index >= 15 is 0 Å². The van der Waals surface area contributed by atoms with Crippen LogP contribution in [0.25, 0.3) is 11.1 Å². The van der Waals surface area contributed by atoms with Crippen molar-refractivity contribution in [2.24, 2.45) is 0 Å². The van der Waals surface area contributed by atoms with Gasteiger partial charge in [0.2, 0.25) is 0 Å². The topological polar surface area (TPSA) is 61.9 Å². The molecule has 0 aromatic heterocycles. The van der Waals surface area contributed by atoms with E-state index in [1.807, 2.05) is 31.2 Å². The monoisotopic (exact) mass is 539 g/mol. The highest BCUT2D eigenvalue weighted by Crippen LogP contribution is 2.34. The molecule has 3 aromatic carbocycles. The maximum absolute atomic E-state index is 13.4. The van der Waals surface area contributed by atoms with Crippen LogP contribution in [-0.4, -0.2) is 61.1 Å². The summed E-state index contributed by atoms with van der Waals surface area (Å²) in [7, 11) is 1.40. The molecule has 39 heavy (non-hydrogen) atoms. The first-order chi connectivity index (χ1) is 18.6. The molecule has 1 atom stereocenters. The maximum Gasteiger partial charge on any atom is 0.416 e. The first-order valence-electron chi connectivity index (χ1n) is 12.9. The molecule has 1 aliphatic heterocycles. The third-order valence-electron chi connectivity index (χ3n) is 7.66. The van der Waals surface area contributed by atoms with E-state index in [2.05, 4.69) is 10.2 Å². The molecule has 0 saturated carbocycles. The lowest BCUT2D eigenvalue weighted by molar-refractivity contribution is -0.137. The molecule has 1 N–H and O–H groups in total. The molecule has 206 valence electrons. The lowest BCUT2D eigenvalue weighted by Gasteiger charge is -2.37. The van der Waals surface area contributed by atoms with Crippen molar-refractivity contribution in [1.82, 2.24) is 9.80 Å². The van der Waals surface area contributed by atoms with Crippen molar-refractivity contribution >= 4 is 17.7 Å². The van der Waals surface area contributed by atoms with E-state index in [4.69, 9.17) is 4.74 Å². The Labute approximate surface area is 226 Å². The Bertz CT molecular complexity index is 1390. The molecule has 6 nitrogen and oxygen atoms in total. The molecule has 3 aromatic rings. The van der Waals surface area contributed by atoms with Gasteiger partial charge in [0.25, 0.3) is 5.91 Å². The van der Waals surface area contributed by atoms with E-state index in [1.165, 1.54) is 30.4 Å². The van der Waals surface area contributed by atoms with Crippen molar-refractivity contribution in [2.45, 2.75) is 32.0 Å². The number of carbonyl (C=O) groups is 2. The predicted molar refractivity (Wildman–Crippen MR) is 145 cm³/mol. The first kappa shape index (κ1) is 26.7. The minimum atomic E-state index is -4.42. The van der Waals surface area contributed by atoms with Crippen molar-refractivity contribution < 1.29 is 28.9 Å². The standard InChI is InChI=1S/C30H30F3N3O3.H2/c1-19-4-3-5-26(27(19)20-6-9-23(10-7-20)30(31,32)33)28(37)34-24-11-8-21-17-25(18-22(21)16-24)35-12-14-36(15-13-35)29(38)39-2;/h3-11,16,25H,12-15,17-18H2,1-2H3,(H,34,37);1H. The molecule has 1 heterocycles. The van der Waals surface area contributed by atoms with Crippen LogP contribution < -0.4 is 5.32 Å². The van der Waals surface area contributed by atoms with Gasteiger partial charge < -0.3 is 15.0 Å². The smallest absolute Gasteiger partial charge is 0.416 e. The third-order valence-corrected chi connectivity index (χ3v) is 7.66. The number of methoxy groups -OCH3 is 1. The molecular formula is C30H32F3N3O3. The van der Waals surface area contributed by atoms with Gasteiger partial charge in [0.15, 0.2) is 0 Å². The second kappa shape index (κ2) is 10.7. The van der Waals surface area contributed by atoms with Crippen LogP contribution in [0.1, 0.15) is 34.0 Å². The fraction of sp³-hybridized carbons (Fsp3) is 0.333. The number of amides is 2. The summed E-state index contributed by atoms with van der Waals surface area (Å²) < 4.78 is 44.0. The van der Waals surface area contributed by atoms with Gasteiger partial charge in [-0.2, -0.15) is 13.2 Å². The molecule has 9 heteroatoms. The zero-order valence-corrected chi connectivity index (χ0v) is 21.8.